The van der Waals surface area contributed by atoms with Gasteiger partial charge in [0.15, 0.2) is 0 Å². The van der Waals surface area contributed by atoms with E-state index in [1.54, 1.807) is 24.1 Å². The second-order valence-corrected chi connectivity index (χ2v) is 7.77. The first-order valence-electron chi connectivity index (χ1n) is 7.93. The number of benzene rings is 2. The first kappa shape index (κ1) is 16.7. The highest BCUT2D eigenvalue weighted by atomic mass is 32.2. The molecule has 1 saturated heterocycles. The number of anilines is 1. The van der Waals surface area contributed by atoms with Crippen molar-refractivity contribution in [3.63, 3.8) is 0 Å². The molecular weight excluding hydrogens is 324 g/mol. The molecule has 24 heavy (non-hydrogen) atoms. The number of hydrogen-bond acceptors (Lipinski definition) is 3. The van der Waals surface area contributed by atoms with Crippen molar-refractivity contribution in [3.05, 3.63) is 60.2 Å². The minimum atomic E-state index is -3.45. The van der Waals surface area contributed by atoms with Crippen LogP contribution < -0.4 is 4.90 Å². The largest absolute Gasteiger partial charge is 0.311 e. The Bertz CT molecular complexity index is 811. The van der Waals surface area contributed by atoms with Gasteiger partial charge in [-0.25, -0.2) is 8.42 Å². The maximum Gasteiger partial charge on any atom is 0.258 e. The molecule has 1 heterocycles. The first-order chi connectivity index (χ1) is 11.5. The van der Waals surface area contributed by atoms with Gasteiger partial charge in [0.2, 0.25) is 10.0 Å². The molecule has 1 amide bonds. The molecule has 0 aromatic heterocycles. The molecule has 0 aliphatic carbocycles. The van der Waals surface area contributed by atoms with E-state index in [9.17, 15) is 13.2 Å². The summed E-state index contributed by atoms with van der Waals surface area (Å²) in [6.07, 6.45) is 1.80. The van der Waals surface area contributed by atoms with Gasteiger partial charge in [-0.05, 0) is 49.2 Å². The molecule has 6 heteroatoms. The Morgan fingerprint density at radius 3 is 2.12 bits per heavy atom. The number of para-hydroxylation sites is 1. The van der Waals surface area contributed by atoms with Gasteiger partial charge in [-0.15, -0.1) is 0 Å². The molecule has 1 fully saturated rings. The molecule has 1 aliphatic heterocycles. The Hall–Kier alpha value is -2.18. The van der Waals surface area contributed by atoms with E-state index >= 15 is 0 Å². The van der Waals surface area contributed by atoms with Crippen LogP contribution in [-0.4, -0.2) is 38.8 Å². The van der Waals surface area contributed by atoms with Crippen LogP contribution in [0.25, 0.3) is 0 Å². The van der Waals surface area contributed by atoms with E-state index in [2.05, 4.69) is 0 Å². The van der Waals surface area contributed by atoms with Gasteiger partial charge >= 0.3 is 0 Å². The molecular formula is C18H20N2O3S. The molecule has 2 aromatic carbocycles. The van der Waals surface area contributed by atoms with Crippen LogP contribution in [0, 0.1) is 0 Å². The average molecular weight is 344 g/mol. The fourth-order valence-corrected chi connectivity index (χ4v) is 4.33. The van der Waals surface area contributed by atoms with Gasteiger partial charge in [-0.1, -0.05) is 18.2 Å². The van der Waals surface area contributed by atoms with E-state index in [-0.39, 0.29) is 10.8 Å². The van der Waals surface area contributed by atoms with Gasteiger partial charge in [0.05, 0.1) is 4.90 Å². The highest BCUT2D eigenvalue weighted by Gasteiger charge is 2.27. The van der Waals surface area contributed by atoms with Gasteiger partial charge in [-0.2, -0.15) is 4.31 Å². The van der Waals surface area contributed by atoms with Gasteiger partial charge in [-0.3, -0.25) is 4.79 Å². The maximum absolute atomic E-state index is 12.5. The van der Waals surface area contributed by atoms with Crippen LogP contribution in [-0.2, 0) is 10.0 Å². The number of nitrogens with zero attached hydrogens (tertiary/aromatic N) is 2. The van der Waals surface area contributed by atoms with E-state index < -0.39 is 10.0 Å². The Morgan fingerprint density at radius 2 is 1.54 bits per heavy atom. The highest BCUT2D eigenvalue weighted by molar-refractivity contribution is 7.89. The second kappa shape index (κ2) is 6.75. The zero-order chi connectivity index (χ0) is 17.2. The number of hydrogen-bond donors (Lipinski definition) is 0. The lowest BCUT2D eigenvalue weighted by molar-refractivity contribution is 0.0993. The molecule has 2 aromatic rings. The molecule has 0 spiro atoms. The van der Waals surface area contributed by atoms with E-state index in [0.717, 1.165) is 18.5 Å². The summed E-state index contributed by atoms with van der Waals surface area (Å²) in [7, 11) is -1.74. The lowest BCUT2D eigenvalue weighted by Gasteiger charge is -2.18. The van der Waals surface area contributed by atoms with Crippen molar-refractivity contribution in [1.82, 2.24) is 4.31 Å². The molecule has 0 radical (unpaired) electrons. The third-order valence-corrected chi connectivity index (χ3v) is 6.17. The van der Waals surface area contributed by atoms with Crippen molar-refractivity contribution in [2.75, 3.05) is 25.0 Å². The predicted octanol–water partition coefficient (Wildman–Crippen LogP) is 2.75. The van der Waals surface area contributed by atoms with Crippen molar-refractivity contribution >= 4 is 21.6 Å². The van der Waals surface area contributed by atoms with Crippen molar-refractivity contribution in [3.8, 4) is 0 Å². The number of carbonyl (C=O) groups excluding carboxylic acids is 1. The Kier molecular flexibility index (Phi) is 4.69. The number of rotatable bonds is 4. The molecule has 1 aliphatic rings. The third kappa shape index (κ3) is 3.20. The Labute approximate surface area is 142 Å². The molecule has 0 unspecified atom stereocenters. The zero-order valence-electron chi connectivity index (χ0n) is 13.6. The summed E-state index contributed by atoms with van der Waals surface area (Å²) in [5.74, 6) is -0.175. The Morgan fingerprint density at radius 1 is 0.958 bits per heavy atom. The van der Waals surface area contributed by atoms with Crippen LogP contribution in [0.15, 0.2) is 59.5 Å². The third-order valence-electron chi connectivity index (χ3n) is 4.25. The predicted molar refractivity (Wildman–Crippen MR) is 93.6 cm³/mol. The monoisotopic (exact) mass is 344 g/mol. The summed E-state index contributed by atoms with van der Waals surface area (Å²) in [6.45, 7) is 1.14. The standard InChI is InChI=1S/C18H20N2O3S/c1-19(16-7-3-2-4-8-16)18(21)15-9-11-17(12-10-15)24(22,23)20-13-5-6-14-20/h2-4,7-12H,5-6,13-14H2,1H3. The summed E-state index contributed by atoms with van der Waals surface area (Å²) < 4.78 is 26.5. The summed E-state index contributed by atoms with van der Waals surface area (Å²) in [4.78, 5) is 14.3. The summed E-state index contributed by atoms with van der Waals surface area (Å²) in [6, 6.07) is 15.5. The quantitative estimate of drug-likeness (QED) is 0.857. The second-order valence-electron chi connectivity index (χ2n) is 5.84. The van der Waals surface area contributed by atoms with Crippen LogP contribution in [0.1, 0.15) is 23.2 Å². The van der Waals surface area contributed by atoms with E-state index in [1.165, 1.54) is 16.4 Å². The Balaban J connectivity index is 1.80. The average Bonchev–Trinajstić information content (AvgIpc) is 3.17. The van der Waals surface area contributed by atoms with Crippen LogP contribution in [0.3, 0.4) is 0 Å². The van der Waals surface area contributed by atoms with E-state index in [4.69, 9.17) is 0 Å². The van der Waals surface area contributed by atoms with Gasteiger partial charge < -0.3 is 4.90 Å². The fraction of sp³-hybridized carbons (Fsp3) is 0.278. The van der Waals surface area contributed by atoms with E-state index in [1.807, 2.05) is 30.3 Å². The minimum absolute atomic E-state index is 0.175. The smallest absolute Gasteiger partial charge is 0.258 e. The zero-order valence-corrected chi connectivity index (χ0v) is 14.4. The van der Waals surface area contributed by atoms with Crippen molar-refractivity contribution in [1.29, 1.82) is 0 Å². The van der Waals surface area contributed by atoms with Gasteiger partial charge in [0, 0.05) is 31.4 Å². The van der Waals surface area contributed by atoms with E-state index in [0.29, 0.717) is 18.7 Å². The van der Waals surface area contributed by atoms with Crippen LogP contribution >= 0.6 is 0 Å². The topological polar surface area (TPSA) is 57.7 Å². The minimum Gasteiger partial charge on any atom is -0.311 e. The number of amides is 1. The SMILES string of the molecule is CN(C(=O)c1ccc(S(=O)(=O)N2CCCC2)cc1)c1ccccc1. The highest BCUT2D eigenvalue weighted by Crippen LogP contribution is 2.22. The van der Waals surface area contributed by atoms with Crippen LogP contribution in [0.4, 0.5) is 5.69 Å². The molecule has 126 valence electrons. The van der Waals surface area contributed by atoms with Crippen molar-refractivity contribution in [2.24, 2.45) is 0 Å². The normalized spacial score (nSPS) is 15.4. The van der Waals surface area contributed by atoms with Gasteiger partial charge in [0.1, 0.15) is 0 Å². The van der Waals surface area contributed by atoms with Crippen molar-refractivity contribution in [2.45, 2.75) is 17.7 Å². The molecule has 5 nitrogen and oxygen atoms in total. The summed E-state index contributed by atoms with van der Waals surface area (Å²) in [5, 5.41) is 0. The molecule has 0 N–H and O–H groups in total. The van der Waals surface area contributed by atoms with Gasteiger partial charge in [0.25, 0.3) is 5.91 Å². The molecule has 0 saturated carbocycles. The molecule has 3 rings (SSSR count). The first-order valence-corrected chi connectivity index (χ1v) is 9.37. The summed E-state index contributed by atoms with van der Waals surface area (Å²) >= 11 is 0. The lowest BCUT2D eigenvalue weighted by atomic mass is 10.2. The summed E-state index contributed by atoms with van der Waals surface area (Å²) in [5.41, 5.74) is 1.25. The number of sulfonamides is 1. The maximum atomic E-state index is 12.5. The number of carbonyl (C=O) groups is 1. The van der Waals surface area contributed by atoms with Crippen LogP contribution in [0.2, 0.25) is 0 Å². The lowest BCUT2D eigenvalue weighted by Crippen LogP contribution is -2.28. The fourth-order valence-electron chi connectivity index (χ4n) is 2.81. The molecule has 0 bridgehead atoms. The molecule has 0 atom stereocenters. The van der Waals surface area contributed by atoms with Crippen LogP contribution in [0.5, 0.6) is 0 Å². The van der Waals surface area contributed by atoms with Crippen molar-refractivity contribution < 1.29 is 13.2 Å².